The normalized spacial score (nSPS) is 11.9. The monoisotopic (exact) mass is 254 g/mol. The summed E-state index contributed by atoms with van der Waals surface area (Å²) in [5.74, 6) is 0.611. The molecule has 0 heterocycles. The molecule has 0 amide bonds. The van der Waals surface area contributed by atoms with Crippen molar-refractivity contribution in [3.8, 4) is 11.8 Å². The van der Waals surface area contributed by atoms with Gasteiger partial charge in [-0.3, -0.25) is 0 Å². The van der Waals surface area contributed by atoms with E-state index in [0.717, 1.165) is 0 Å². The van der Waals surface area contributed by atoms with Crippen LogP contribution in [0.3, 0.4) is 0 Å². The third-order valence-corrected chi connectivity index (χ3v) is 2.31. The van der Waals surface area contributed by atoms with E-state index < -0.39 is 12.5 Å². The van der Waals surface area contributed by atoms with Crippen LogP contribution in [0.4, 0.5) is 14.5 Å². The molecule has 1 aromatic rings. The van der Waals surface area contributed by atoms with Crippen molar-refractivity contribution in [3.05, 3.63) is 24.3 Å². The Morgan fingerprint density at radius 1 is 1.44 bits per heavy atom. The Balaban J connectivity index is 2.49. The second-order valence-electron chi connectivity index (χ2n) is 3.91. The third kappa shape index (κ3) is 5.00. The van der Waals surface area contributed by atoms with Gasteiger partial charge < -0.3 is 10.1 Å². The average Bonchev–Trinajstić information content (AvgIpc) is 2.35. The lowest BCUT2D eigenvalue weighted by Gasteiger charge is -2.15. The molecule has 0 saturated carbocycles. The van der Waals surface area contributed by atoms with Gasteiger partial charge in [0.1, 0.15) is 5.75 Å². The number of nitriles is 1. The summed E-state index contributed by atoms with van der Waals surface area (Å²) in [6.45, 7) is 1.87. The van der Waals surface area contributed by atoms with Crippen molar-refractivity contribution in [1.82, 2.24) is 0 Å². The third-order valence-electron chi connectivity index (χ3n) is 2.31. The molecule has 1 atom stereocenters. The van der Waals surface area contributed by atoms with E-state index in [1.54, 1.807) is 24.3 Å². The molecule has 0 aliphatic heterocycles. The number of anilines is 1. The topological polar surface area (TPSA) is 45.0 Å². The van der Waals surface area contributed by atoms with Crippen LogP contribution in [0, 0.1) is 11.3 Å². The number of nitrogens with zero attached hydrogens (tertiary/aromatic N) is 1. The van der Waals surface area contributed by atoms with E-state index in [1.807, 2.05) is 6.07 Å². The summed E-state index contributed by atoms with van der Waals surface area (Å²) in [4.78, 5) is 0. The maximum Gasteiger partial charge on any atom is 0.258 e. The van der Waals surface area contributed by atoms with E-state index in [-0.39, 0.29) is 0 Å². The number of nitrogens with one attached hydrogen (secondary N) is 1. The summed E-state index contributed by atoms with van der Waals surface area (Å²) in [6.07, 6.45) is -1.31. The molecule has 0 bridgehead atoms. The van der Waals surface area contributed by atoms with Gasteiger partial charge >= 0.3 is 0 Å². The molecule has 0 aliphatic rings. The lowest BCUT2D eigenvalue weighted by atomic mass is 10.2. The predicted molar refractivity (Wildman–Crippen MR) is 65.9 cm³/mol. The van der Waals surface area contributed by atoms with Gasteiger partial charge in [0.05, 0.1) is 18.7 Å². The molecular formula is C13H16F2N2O. The van der Waals surface area contributed by atoms with E-state index >= 15 is 0 Å². The van der Waals surface area contributed by atoms with Gasteiger partial charge in [-0.2, -0.15) is 5.26 Å². The minimum Gasteiger partial charge on any atom is -0.493 e. The first-order valence-electron chi connectivity index (χ1n) is 5.78. The fourth-order valence-corrected chi connectivity index (χ4v) is 1.34. The van der Waals surface area contributed by atoms with E-state index in [0.29, 0.717) is 30.9 Å². The smallest absolute Gasteiger partial charge is 0.258 e. The molecule has 98 valence electrons. The zero-order chi connectivity index (χ0) is 13.4. The van der Waals surface area contributed by atoms with Crippen LogP contribution in [0.1, 0.15) is 19.8 Å². The summed E-state index contributed by atoms with van der Waals surface area (Å²) in [5, 5.41) is 11.1. The first-order chi connectivity index (χ1) is 8.63. The molecular weight excluding hydrogens is 238 g/mol. The summed E-state index contributed by atoms with van der Waals surface area (Å²) in [7, 11) is 0. The van der Waals surface area contributed by atoms with Crippen LogP contribution < -0.4 is 10.1 Å². The molecule has 0 fully saturated rings. The second-order valence-corrected chi connectivity index (χ2v) is 3.91. The highest BCUT2D eigenvalue weighted by Crippen LogP contribution is 2.19. The van der Waals surface area contributed by atoms with Gasteiger partial charge in [-0.15, -0.1) is 0 Å². The van der Waals surface area contributed by atoms with Gasteiger partial charge in [0.25, 0.3) is 6.43 Å². The van der Waals surface area contributed by atoms with E-state index in [2.05, 4.69) is 5.32 Å². The summed E-state index contributed by atoms with van der Waals surface area (Å²) >= 11 is 0. The molecule has 5 heteroatoms. The van der Waals surface area contributed by atoms with Crippen molar-refractivity contribution in [2.75, 3.05) is 11.9 Å². The average molecular weight is 254 g/mol. The maximum atomic E-state index is 12.4. The first-order valence-corrected chi connectivity index (χ1v) is 5.78. The van der Waals surface area contributed by atoms with Crippen molar-refractivity contribution in [2.45, 2.75) is 32.2 Å². The van der Waals surface area contributed by atoms with Crippen LogP contribution in [0.2, 0.25) is 0 Å². The Bertz CT molecular complexity index is 404. The van der Waals surface area contributed by atoms with Gasteiger partial charge in [0.2, 0.25) is 0 Å². The van der Waals surface area contributed by atoms with Gasteiger partial charge in [0.15, 0.2) is 0 Å². The molecule has 1 rings (SSSR count). The van der Waals surface area contributed by atoms with Gasteiger partial charge in [-0.1, -0.05) is 6.07 Å². The lowest BCUT2D eigenvalue weighted by molar-refractivity contribution is 0.130. The zero-order valence-corrected chi connectivity index (χ0v) is 10.2. The highest BCUT2D eigenvalue weighted by molar-refractivity contribution is 5.48. The summed E-state index contributed by atoms with van der Waals surface area (Å²) in [6, 6.07) is 8.00. The van der Waals surface area contributed by atoms with Crippen LogP contribution in [-0.2, 0) is 0 Å². The number of unbranched alkanes of at least 4 members (excludes halogenated alkanes) is 1. The highest BCUT2D eigenvalue weighted by atomic mass is 19.3. The van der Waals surface area contributed by atoms with Gasteiger partial charge in [0, 0.05) is 18.2 Å². The highest BCUT2D eigenvalue weighted by Gasteiger charge is 2.13. The van der Waals surface area contributed by atoms with E-state index in [9.17, 15) is 8.78 Å². The molecule has 1 aromatic carbocycles. The van der Waals surface area contributed by atoms with Gasteiger partial charge in [-0.05, 0) is 25.5 Å². The Morgan fingerprint density at radius 3 is 2.89 bits per heavy atom. The minimum atomic E-state index is -2.41. The summed E-state index contributed by atoms with van der Waals surface area (Å²) < 4.78 is 30.2. The molecule has 0 aliphatic carbocycles. The molecule has 0 radical (unpaired) electrons. The zero-order valence-electron chi connectivity index (χ0n) is 10.2. The van der Waals surface area contributed by atoms with Crippen molar-refractivity contribution in [1.29, 1.82) is 5.26 Å². The molecule has 3 nitrogen and oxygen atoms in total. The number of alkyl halides is 2. The van der Waals surface area contributed by atoms with Crippen molar-refractivity contribution in [2.24, 2.45) is 0 Å². The number of hydrogen-bond donors (Lipinski definition) is 1. The minimum absolute atomic E-state index is 0.445. The molecule has 0 aromatic heterocycles. The molecule has 1 unspecified atom stereocenters. The Hall–Kier alpha value is -1.83. The van der Waals surface area contributed by atoms with Crippen LogP contribution >= 0.6 is 0 Å². The lowest BCUT2D eigenvalue weighted by Crippen LogP contribution is -2.23. The quantitative estimate of drug-likeness (QED) is 0.758. The Kier molecular flexibility index (Phi) is 5.92. The van der Waals surface area contributed by atoms with Gasteiger partial charge in [-0.25, -0.2) is 8.78 Å². The van der Waals surface area contributed by atoms with Crippen LogP contribution in [0.25, 0.3) is 0 Å². The number of rotatable bonds is 7. The van der Waals surface area contributed by atoms with E-state index in [1.165, 1.54) is 6.92 Å². The maximum absolute atomic E-state index is 12.4. The Morgan fingerprint density at radius 2 is 2.22 bits per heavy atom. The van der Waals surface area contributed by atoms with Crippen molar-refractivity contribution >= 4 is 5.69 Å². The number of ether oxygens (including phenoxy) is 1. The largest absolute Gasteiger partial charge is 0.493 e. The SMILES string of the molecule is CC(Nc1cccc(OCCCC#N)c1)C(F)F. The van der Waals surface area contributed by atoms with Crippen LogP contribution in [-0.4, -0.2) is 19.1 Å². The number of benzene rings is 1. The summed E-state index contributed by atoms with van der Waals surface area (Å²) in [5.41, 5.74) is 0.598. The van der Waals surface area contributed by atoms with Crippen molar-refractivity contribution in [3.63, 3.8) is 0 Å². The van der Waals surface area contributed by atoms with Crippen molar-refractivity contribution < 1.29 is 13.5 Å². The Labute approximate surface area is 105 Å². The standard InChI is InChI=1S/C13H16F2N2O/c1-10(13(14)15)17-11-5-4-6-12(9-11)18-8-3-2-7-16/h4-6,9-10,13,17H,2-3,8H2,1H3. The molecule has 18 heavy (non-hydrogen) atoms. The molecule has 0 saturated heterocycles. The number of halogens is 2. The fraction of sp³-hybridized carbons (Fsp3) is 0.462. The van der Waals surface area contributed by atoms with E-state index in [4.69, 9.17) is 10.00 Å². The van der Waals surface area contributed by atoms with Crippen LogP contribution in [0.15, 0.2) is 24.3 Å². The van der Waals surface area contributed by atoms with Crippen LogP contribution in [0.5, 0.6) is 5.75 Å². The molecule has 1 N–H and O–H groups in total. The second kappa shape index (κ2) is 7.49. The molecule has 0 spiro atoms. The first kappa shape index (κ1) is 14.2. The fourth-order valence-electron chi connectivity index (χ4n) is 1.34. The predicted octanol–water partition coefficient (Wildman–Crippen LogP) is 3.43. The number of hydrogen-bond acceptors (Lipinski definition) is 3.